The van der Waals surface area contributed by atoms with Crippen LogP contribution in [0.25, 0.3) is 10.2 Å². The number of nitrogens with zero attached hydrogens (tertiary/aromatic N) is 2. The number of carbonyl (C=O) groups is 1. The number of hydrogen-bond donors (Lipinski definition) is 2. The van der Waals surface area contributed by atoms with Crippen LogP contribution in [0.4, 0.5) is 11.5 Å². The topological polar surface area (TPSA) is 90.1 Å². The number of thioether (sulfide) groups is 1. The summed E-state index contributed by atoms with van der Waals surface area (Å²) >= 11 is 9.06. The average molecular weight is 435 g/mol. The normalized spacial score (nSPS) is 13.4. The number of nitrogen functional groups attached to an aromatic ring is 1. The number of nitrogens with one attached hydrogen (secondary N) is 1. The van der Waals surface area contributed by atoms with E-state index in [2.05, 4.69) is 15.3 Å². The molecule has 1 aromatic carbocycles. The average Bonchev–Trinajstić information content (AvgIpc) is 3.05. The molecule has 0 fully saturated rings. The Kier molecular flexibility index (Phi) is 5.61. The number of aromatic nitrogens is 2. The Bertz CT molecular complexity index is 1050. The van der Waals surface area contributed by atoms with Gasteiger partial charge in [-0.1, -0.05) is 23.4 Å². The Hall–Kier alpha value is -2.03. The van der Waals surface area contributed by atoms with E-state index < -0.39 is 0 Å². The zero-order valence-electron chi connectivity index (χ0n) is 15.3. The van der Waals surface area contributed by atoms with Crippen molar-refractivity contribution in [2.45, 2.75) is 30.8 Å². The van der Waals surface area contributed by atoms with Crippen LogP contribution in [0.1, 0.15) is 23.3 Å². The molecule has 1 aliphatic rings. The fourth-order valence-electron chi connectivity index (χ4n) is 3.30. The van der Waals surface area contributed by atoms with E-state index in [0.29, 0.717) is 27.4 Å². The molecule has 0 bridgehead atoms. The summed E-state index contributed by atoms with van der Waals surface area (Å²) in [6.45, 7) is 0. The molecule has 0 aliphatic heterocycles. The van der Waals surface area contributed by atoms with Crippen molar-refractivity contribution in [3.63, 3.8) is 0 Å². The molecule has 0 unspecified atom stereocenters. The van der Waals surface area contributed by atoms with Gasteiger partial charge in [0.05, 0.1) is 23.3 Å². The fraction of sp³-hybridized carbons (Fsp3) is 0.316. The van der Waals surface area contributed by atoms with Gasteiger partial charge in [-0.15, -0.1) is 11.3 Å². The summed E-state index contributed by atoms with van der Waals surface area (Å²) in [6, 6.07) is 5.10. The number of benzene rings is 1. The van der Waals surface area contributed by atoms with Crippen LogP contribution in [0, 0.1) is 0 Å². The molecule has 146 valence electrons. The van der Waals surface area contributed by atoms with Gasteiger partial charge in [0.25, 0.3) is 0 Å². The zero-order valence-corrected chi connectivity index (χ0v) is 17.6. The summed E-state index contributed by atoms with van der Waals surface area (Å²) in [5.41, 5.74) is 8.14. The van der Waals surface area contributed by atoms with Gasteiger partial charge in [0, 0.05) is 10.6 Å². The monoisotopic (exact) mass is 434 g/mol. The predicted molar refractivity (Wildman–Crippen MR) is 116 cm³/mol. The number of anilines is 2. The third-order valence-corrected chi connectivity index (χ3v) is 6.92. The molecule has 0 saturated heterocycles. The van der Waals surface area contributed by atoms with Crippen LogP contribution in [0.5, 0.6) is 5.75 Å². The highest BCUT2D eigenvalue weighted by atomic mass is 35.5. The van der Waals surface area contributed by atoms with Gasteiger partial charge in [0.15, 0.2) is 5.16 Å². The lowest BCUT2D eigenvalue weighted by Crippen LogP contribution is -2.14. The molecule has 1 aliphatic carbocycles. The van der Waals surface area contributed by atoms with Crippen molar-refractivity contribution in [2.75, 3.05) is 23.9 Å². The van der Waals surface area contributed by atoms with Crippen LogP contribution < -0.4 is 15.8 Å². The summed E-state index contributed by atoms with van der Waals surface area (Å²) in [6.07, 6.45) is 4.53. The van der Waals surface area contributed by atoms with Crippen LogP contribution in [-0.4, -0.2) is 28.7 Å². The summed E-state index contributed by atoms with van der Waals surface area (Å²) in [4.78, 5) is 23.6. The maximum atomic E-state index is 12.3. The second-order valence-electron chi connectivity index (χ2n) is 6.47. The summed E-state index contributed by atoms with van der Waals surface area (Å²) < 4.78 is 5.11. The third kappa shape index (κ3) is 3.90. The second kappa shape index (κ2) is 8.14. The van der Waals surface area contributed by atoms with E-state index in [0.717, 1.165) is 23.1 Å². The van der Waals surface area contributed by atoms with Gasteiger partial charge in [-0.05, 0) is 49.4 Å². The molecule has 0 saturated carbocycles. The number of nitrogens with two attached hydrogens (primary N) is 1. The van der Waals surface area contributed by atoms with E-state index in [1.807, 2.05) is 0 Å². The van der Waals surface area contributed by atoms with Crippen LogP contribution in [0.2, 0.25) is 5.02 Å². The Balaban J connectivity index is 1.45. The maximum absolute atomic E-state index is 12.3. The quantitative estimate of drug-likeness (QED) is 0.452. The zero-order chi connectivity index (χ0) is 19.7. The Morgan fingerprint density at radius 2 is 2.18 bits per heavy atom. The molecule has 0 radical (unpaired) electrons. The molecular weight excluding hydrogens is 416 g/mol. The molecule has 3 aromatic rings. The van der Waals surface area contributed by atoms with Crippen LogP contribution in [0.15, 0.2) is 23.4 Å². The highest BCUT2D eigenvalue weighted by Crippen LogP contribution is 2.38. The number of rotatable bonds is 5. The minimum absolute atomic E-state index is 0.168. The van der Waals surface area contributed by atoms with Crippen molar-refractivity contribution >= 4 is 62.3 Å². The van der Waals surface area contributed by atoms with Gasteiger partial charge in [-0.2, -0.15) is 0 Å². The van der Waals surface area contributed by atoms with Gasteiger partial charge < -0.3 is 15.8 Å². The second-order valence-corrected chi connectivity index (χ2v) is 8.90. The summed E-state index contributed by atoms with van der Waals surface area (Å²) in [5, 5.41) is 4.77. The number of amides is 1. The van der Waals surface area contributed by atoms with Crippen LogP contribution in [-0.2, 0) is 17.6 Å². The van der Waals surface area contributed by atoms with Gasteiger partial charge in [-0.25, -0.2) is 9.97 Å². The van der Waals surface area contributed by atoms with Crippen molar-refractivity contribution in [1.29, 1.82) is 0 Å². The Morgan fingerprint density at radius 1 is 1.36 bits per heavy atom. The number of thiophene rings is 1. The first-order valence-electron chi connectivity index (χ1n) is 8.89. The van der Waals surface area contributed by atoms with Gasteiger partial charge >= 0.3 is 0 Å². The van der Waals surface area contributed by atoms with E-state index in [4.69, 9.17) is 22.1 Å². The Labute approximate surface area is 175 Å². The Morgan fingerprint density at radius 3 is 2.96 bits per heavy atom. The molecule has 2 aromatic heterocycles. The molecule has 1 amide bonds. The molecular formula is C19H19ClN4O2S2. The van der Waals surface area contributed by atoms with Gasteiger partial charge in [0.2, 0.25) is 5.91 Å². The number of ether oxygens (including phenoxy) is 1. The summed E-state index contributed by atoms with van der Waals surface area (Å²) in [7, 11) is 1.54. The van der Waals surface area contributed by atoms with Crippen LogP contribution in [0.3, 0.4) is 0 Å². The first kappa shape index (κ1) is 19.3. The molecule has 3 N–H and O–H groups in total. The van der Waals surface area contributed by atoms with Crippen molar-refractivity contribution in [3.8, 4) is 5.75 Å². The van der Waals surface area contributed by atoms with E-state index >= 15 is 0 Å². The summed E-state index contributed by atoms with van der Waals surface area (Å²) in [5.74, 6) is 1.08. The molecule has 9 heteroatoms. The number of halogens is 1. The van der Waals surface area contributed by atoms with Gasteiger partial charge in [0.1, 0.15) is 16.4 Å². The van der Waals surface area contributed by atoms with Crippen molar-refractivity contribution in [2.24, 2.45) is 0 Å². The smallest absolute Gasteiger partial charge is 0.234 e. The van der Waals surface area contributed by atoms with E-state index in [9.17, 15) is 4.79 Å². The highest BCUT2D eigenvalue weighted by molar-refractivity contribution is 7.99. The lowest BCUT2D eigenvalue weighted by molar-refractivity contribution is -0.113. The molecule has 4 rings (SSSR count). The van der Waals surface area contributed by atoms with E-state index in [1.54, 1.807) is 36.6 Å². The fourth-order valence-corrected chi connectivity index (χ4v) is 5.54. The molecule has 6 nitrogen and oxygen atoms in total. The van der Waals surface area contributed by atoms with Crippen LogP contribution >= 0.6 is 34.7 Å². The largest absolute Gasteiger partial charge is 0.495 e. The first-order chi connectivity index (χ1) is 13.5. The van der Waals surface area contributed by atoms with Crippen molar-refractivity contribution in [1.82, 2.24) is 9.97 Å². The lowest BCUT2D eigenvalue weighted by Gasteiger charge is -2.10. The number of methoxy groups -OCH3 is 1. The molecule has 0 atom stereocenters. The third-order valence-electron chi connectivity index (χ3n) is 4.59. The number of carbonyl (C=O) groups excluding carboxylic acids is 1. The first-order valence-corrected chi connectivity index (χ1v) is 11.1. The van der Waals surface area contributed by atoms with Gasteiger partial charge in [-0.3, -0.25) is 4.79 Å². The minimum atomic E-state index is -0.168. The number of aryl methyl sites for hydroxylation is 2. The highest BCUT2D eigenvalue weighted by Gasteiger charge is 2.20. The lowest BCUT2D eigenvalue weighted by atomic mass is 9.97. The van der Waals surface area contributed by atoms with E-state index in [-0.39, 0.29) is 11.7 Å². The predicted octanol–water partition coefficient (Wildman–Crippen LogP) is 4.55. The minimum Gasteiger partial charge on any atom is -0.495 e. The number of fused-ring (bicyclic) bond motifs is 3. The number of hydrogen-bond acceptors (Lipinski definition) is 7. The SMILES string of the molecule is COc1ccc(NC(=O)CSc2nc(N)c3c4c(sc3n2)CCCC4)cc1Cl. The molecule has 0 spiro atoms. The van der Waals surface area contributed by atoms with E-state index in [1.165, 1.54) is 35.0 Å². The van der Waals surface area contributed by atoms with Crippen molar-refractivity contribution in [3.05, 3.63) is 33.7 Å². The molecule has 28 heavy (non-hydrogen) atoms. The maximum Gasteiger partial charge on any atom is 0.234 e. The van der Waals surface area contributed by atoms with Crippen molar-refractivity contribution < 1.29 is 9.53 Å². The molecule has 2 heterocycles. The standard InChI is InChI=1S/C19H19ClN4O2S2/c1-26-13-7-6-10(8-12(13)20)22-15(25)9-27-19-23-17(21)16-11-4-2-3-5-14(11)28-18(16)24-19/h6-8H,2-5,9H2,1H3,(H,22,25)(H2,21,23,24).